The molecule has 9 nitrogen and oxygen atoms in total. The van der Waals surface area contributed by atoms with Crippen LogP contribution in [0.4, 0.5) is 0 Å². The Bertz CT molecular complexity index is 846. The molecule has 0 spiro atoms. The van der Waals surface area contributed by atoms with Gasteiger partial charge in [0.1, 0.15) is 5.70 Å². The number of rotatable bonds is 7. The zero-order valence-corrected chi connectivity index (χ0v) is 17.9. The summed E-state index contributed by atoms with van der Waals surface area (Å²) in [6, 6.07) is 4.42. The van der Waals surface area contributed by atoms with Gasteiger partial charge in [-0.3, -0.25) is 14.4 Å². The maximum atomic E-state index is 12.5. The standard InChI is InChI=1S/C19H24Cl2N6O3/c1-24-10-15(28)27-7-5-11(6-8-27)25-19(30)17(23)14(9-22)26-18(29)16-12(20)3-2-4-13(16)21/h2-4,9,11,22,24H,5-8,10,23H2,1H3,(H,25,30)(H,26,29)/b17-14+,22-9?. The lowest BCUT2D eigenvalue weighted by Crippen LogP contribution is -2.49. The van der Waals surface area contributed by atoms with E-state index in [1.54, 1.807) is 18.0 Å². The second-order valence-corrected chi connectivity index (χ2v) is 7.50. The smallest absolute Gasteiger partial charge is 0.269 e. The lowest BCUT2D eigenvalue weighted by Gasteiger charge is -2.32. The number of amides is 3. The summed E-state index contributed by atoms with van der Waals surface area (Å²) in [6.45, 7) is 1.31. The number of carbonyl (C=O) groups excluding carboxylic acids is 3. The Balaban J connectivity index is 2.01. The van der Waals surface area contributed by atoms with Crippen LogP contribution < -0.4 is 21.7 Å². The van der Waals surface area contributed by atoms with Crippen molar-refractivity contribution in [1.29, 1.82) is 5.41 Å². The highest BCUT2D eigenvalue weighted by Gasteiger charge is 2.25. The number of halogens is 2. The van der Waals surface area contributed by atoms with Gasteiger partial charge in [0.05, 0.1) is 27.9 Å². The Morgan fingerprint density at radius 1 is 1.23 bits per heavy atom. The van der Waals surface area contributed by atoms with Crippen LogP contribution in [0.3, 0.4) is 0 Å². The van der Waals surface area contributed by atoms with E-state index in [2.05, 4.69) is 16.0 Å². The molecular formula is C19H24Cl2N6O3. The predicted octanol–water partition coefficient (Wildman–Crippen LogP) is 0.870. The maximum Gasteiger partial charge on any atom is 0.269 e. The first kappa shape index (κ1) is 23.7. The number of hydrogen-bond acceptors (Lipinski definition) is 6. The van der Waals surface area contributed by atoms with Crippen molar-refractivity contribution in [3.8, 4) is 0 Å². The Hall–Kier alpha value is -2.62. The molecule has 0 saturated carbocycles. The van der Waals surface area contributed by atoms with Crippen molar-refractivity contribution in [2.45, 2.75) is 18.9 Å². The van der Waals surface area contributed by atoms with E-state index in [0.29, 0.717) is 25.9 Å². The van der Waals surface area contributed by atoms with E-state index in [9.17, 15) is 14.4 Å². The molecule has 1 heterocycles. The number of nitrogens with two attached hydrogens (primary N) is 1. The van der Waals surface area contributed by atoms with Gasteiger partial charge in [0.2, 0.25) is 5.91 Å². The molecule has 1 aliphatic heterocycles. The number of likely N-dealkylation sites (tertiary alicyclic amines) is 1. The van der Waals surface area contributed by atoms with Crippen molar-refractivity contribution < 1.29 is 14.4 Å². The van der Waals surface area contributed by atoms with E-state index >= 15 is 0 Å². The molecule has 0 radical (unpaired) electrons. The second-order valence-electron chi connectivity index (χ2n) is 6.68. The summed E-state index contributed by atoms with van der Waals surface area (Å²) in [5, 5.41) is 15.8. The molecule has 1 saturated heterocycles. The first-order chi connectivity index (χ1) is 14.3. The van der Waals surface area contributed by atoms with Crippen LogP contribution in [0, 0.1) is 5.41 Å². The van der Waals surface area contributed by atoms with Gasteiger partial charge in [-0.25, -0.2) is 0 Å². The number of nitrogens with one attached hydrogen (secondary N) is 4. The number of piperidine rings is 1. The van der Waals surface area contributed by atoms with E-state index in [4.69, 9.17) is 34.3 Å². The SMILES string of the molecule is CNCC(=O)N1CCC(NC(=O)/C(N)=C(/C=N)NC(=O)c2c(Cl)cccc2Cl)CC1. The third-order valence-corrected chi connectivity index (χ3v) is 5.26. The van der Waals surface area contributed by atoms with Crippen LogP contribution in [0.15, 0.2) is 29.6 Å². The average molecular weight is 455 g/mol. The van der Waals surface area contributed by atoms with Gasteiger partial charge in [-0.05, 0) is 32.0 Å². The molecule has 1 aromatic carbocycles. The van der Waals surface area contributed by atoms with Gasteiger partial charge < -0.3 is 32.0 Å². The van der Waals surface area contributed by atoms with Crippen LogP contribution in [0.1, 0.15) is 23.2 Å². The van der Waals surface area contributed by atoms with Gasteiger partial charge in [0, 0.05) is 25.3 Å². The Kier molecular flexibility index (Phi) is 8.64. The number of likely N-dealkylation sites (N-methyl/N-ethyl adjacent to an activating group) is 1. The van der Waals surface area contributed by atoms with E-state index in [-0.39, 0.29) is 45.5 Å². The number of carbonyl (C=O) groups is 3. The molecule has 3 amide bonds. The Morgan fingerprint density at radius 2 is 1.83 bits per heavy atom. The quantitative estimate of drug-likeness (QED) is 0.307. The first-order valence-electron chi connectivity index (χ1n) is 9.27. The fourth-order valence-corrected chi connectivity index (χ4v) is 3.57. The van der Waals surface area contributed by atoms with Gasteiger partial charge in [0.15, 0.2) is 0 Å². The molecule has 1 aromatic rings. The van der Waals surface area contributed by atoms with E-state index in [1.807, 2.05) is 0 Å². The minimum absolute atomic E-state index is 0.00808. The highest BCUT2D eigenvalue weighted by atomic mass is 35.5. The molecule has 30 heavy (non-hydrogen) atoms. The Morgan fingerprint density at radius 3 is 2.37 bits per heavy atom. The molecule has 1 aliphatic rings. The van der Waals surface area contributed by atoms with Crippen LogP contribution in [0.25, 0.3) is 0 Å². The van der Waals surface area contributed by atoms with Crippen LogP contribution in [0.2, 0.25) is 10.0 Å². The predicted molar refractivity (Wildman–Crippen MR) is 116 cm³/mol. The van der Waals surface area contributed by atoms with Crippen molar-refractivity contribution in [2.24, 2.45) is 5.73 Å². The molecule has 2 rings (SSSR count). The van der Waals surface area contributed by atoms with Gasteiger partial charge >= 0.3 is 0 Å². The first-order valence-corrected chi connectivity index (χ1v) is 10.0. The Labute approximate surface area is 184 Å². The summed E-state index contributed by atoms with van der Waals surface area (Å²) >= 11 is 12.0. The summed E-state index contributed by atoms with van der Waals surface area (Å²) in [5.74, 6) is -1.29. The molecule has 6 N–H and O–H groups in total. The van der Waals surface area contributed by atoms with Gasteiger partial charge in [-0.2, -0.15) is 0 Å². The molecule has 0 unspecified atom stereocenters. The largest absolute Gasteiger partial charge is 0.393 e. The van der Waals surface area contributed by atoms with E-state index < -0.39 is 11.8 Å². The van der Waals surface area contributed by atoms with Crippen molar-refractivity contribution in [3.05, 3.63) is 45.2 Å². The van der Waals surface area contributed by atoms with Crippen molar-refractivity contribution in [1.82, 2.24) is 20.9 Å². The molecule has 0 aromatic heterocycles. The molecule has 0 atom stereocenters. The fourth-order valence-electron chi connectivity index (χ4n) is 3.00. The molecular weight excluding hydrogens is 431 g/mol. The van der Waals surface area contributed by atoms with E-state index in [0.717, 1.165) is 6.21 Å². The average Bonchev–Trinajstić information content (AvgIpc) is 2.72. The second kappa shape index (κ2) is 11.0. The summed E-state index contributed by atoms with van der Waals surface area (Å²) in [6.07, 6.45) is 1.93. The fraction of sp³-hybridized carbons (Fsp3) is 0.368. The van der Waals surface area contributed by atoms with Crippen LogP contribution in [-0.2, 0) is 9.59 Å². The monoisotopic (exact) mass is 454 g/mol. The van der Waals surface area contributed by atoms with E-state index in [1.165, 1.54) is 12.1 Å². The van der Waals surface area contributed by atoms with Crippen molar-refractivity contribution in [2.75, 3.05) is 26.7 Å². The van der Waals surface area contributed by atoms with Crippen molar-refractivity contribution in [3.63, 3.8) is 0 Å². The zero-order valence-electron chi connectivity index (χ0n) is 16.4. The lowest BCUT2D eigenvalue weighted by molar-refractivity contribution is -0.131. The molecule has 162 valence electrons. The number of nitrogens with zero attached hydrogens (tertiary/aromatic N) is 1. The third-order valence-electron chi connectivity index (χ3n) is 4.63. The lowest BCUT2D eigenvalue weighted by atomic mass is 10.0. The topological polar surface area (TPSA) is 140 Å². The maximum absolute atomic E-state index is 12.5. The highest BCUT2D eigenvalue weighted by molar-refractivity contribution is 6.39. The summed E-state index contributed by atoms with van der Waals surface area (Å²) < 4.78 is 0. The van der Waals surface area contributed by atoms with Gasteiger partial charge in [0.25, 0.3) is 11.8 Å². The van der Waals surface area contributed by atoms with Crippen LogP contribution in [-0.4, -0.2) is 61.6 Å². The number of hydrogen-bond donors (Lipinski definition) is 5. The summed E-state index contributed by atoms with van der Waals surface area (Å²) in [4.78, 5) is 38.6. The molecule has 11 heteroatoms. The summed E-state index contributed by atoms with van der Waals surface area (Å²) in [7, 11) is 1.71. The molecule has 0 bridgehead atoms. The molecule has 1 fully saturated rings. The molecule has 0 aliphatic carbocycles. The summed E-state index contributed by atoms with van der Waals surface area (Å²) in [5.41, 5.74) is 5.41. The minimum atomic E-state index is -0.684. The van der Waals surface area contributed by atoms with Crippen LogP contribution >= 0.6 is 23.2 Å². The van der Waals surface area contributed by atoms with Crippen LogP contribution in [0.5, 0.6) is 0 Å². The number of allylic oxidation sites excluding steroid dienone is 1. The third kappa shape index (κ3) is 5.94. The normalized spacial score (nSPS) is 15.2. The van der Waals surface area contributed by atoms with Gasteiger partial charge in [-0.15, -0.1) is 0 Å². The van der Waals surface area contributed by atoms with Crippen molar-refractivity contribution >= 4 is 47.1 Å². The van der Waals surface area contributed by atoms with Gasteiger partial charge in [-0.1, -0.05) is 29.3 Å². The zero-order chi connectivity index (χ0) is 22.3. The number of benzene rings is 1. The highest BCUT2D eigenvalue weighted by Crippen LogP contribution is 2.24. The minimum Gasteiger partial charge on any atom is -0.393 e.